The third-order valence-electron chi connectivity index (χ3n) is 2.91. The van der Waals surface area contributed by atoms with Crippen LogP contribution in [0.5, 0.6) is 0 Å². The Morgan fingerprint density at radius 3 is 2.64 bits per heavy atom. The highest BCUT2D eigenvalue weighted by Gasteiger charge is 2.07. The van der Waals surface area contributed by atoms with Crippen molar-refractivity contribution in [3.05, 3.63) is 29.8 Å². The molecule has 0 aliphatic carbocycles. The molecule has 0 spiro atoms. The lowest BCUT2D eigenvalue weighted by Crippen LogP contribution is -2.05. The Morgan fingerprint density at radius 2 is 2.07 bits per heavy atom. The molecule has 0 fully saturated rings. The van der Waals surface area contributed by atoms with Gasteiger partial charge in [0.1, 0.15) is 7.85 Å². The lowest BCUT2D eigenvalue weighted by Gasteiger charge is -2.15. The molecule has 1 atom stereocenters. The molecule has 1 unspecified atom stereocenters. The Kier molecular flexibility index (Phi) is 4.79. The van der Waals surface area contributed by atoms with Gasteiger partial charge in [0.15, 0.2) is 0 Å². The van der Waals surface area contributed by atoms with Gasteiger partial charge in [0.2, 0.25) is 0 Å². The lowest BCUT2D eigenvalue weighted by molar-refractivity contribution is 0.570. The summed E-state index contributed by atoms with van der Waals surface area (Å²) in [7, 11) is 2.18. The van der Waals surface area contributed by atoms with Crippen LogP contribution >= 0.6 is 0 Å². The summed E-state index contributed by atoms with van der Waals surface area (Å²) in [5.74, 6) is 0.773. The minimum atomic E-state index is 0.773. The zero-order chi connectivity index (χ0) is 10.4. The van der Waals surface area contributed by atoms with Gasteiger partial charge in [0.25, 0.3) is 0 Å². The predicted molar refractivity (Wildman–Crippen MR) is 67.2 cm³/mol. The molecular formula is C13H21B. The van der Waals surface area contributed by atoms with Crippen LogP contribution in [0.1, 0.15) is 51.0 Å². The van der Waals surface area contributed by atoms with Crippen molar-refractivity contribution in [1.82, 2.24) is 0 Å². The maximum atomic E-state index is 2.34. The van der Waals surface area contributed by atoms with Crippen LogP contribution in [-0.2, 0) is 0 Å². The highest BCUT2D eigenvalue weighted by molar-refractivity contribution is 6.32. The van der Waals surface area contributed by atoms with Crippen LogP contribution in [0, 0.1) is 0 Å². The Labute approximate surface area is 89.1 Å². The van der Waals surface area contributed by atoms with Crippen LogP contribution in [-0.4, -0.2) is 7.85 Å². The van der Waals surface area contributed by atoms with Crippen molar-refractivity contribution in [3.63, 3.8) is 0 Å². The number of unbranched alkanes of at least 4 members (excludes halogenated alkanes) is 1. The number of benzene rings is 1. The van der Waals surface area contributed by atoms with Gasteiger partial charge in [0.05, 0.1) is 0 Å². The van der Waals surface area contributed by atoms with E-state index in [0.717, 1.165) is 5.92 Å². The van der Waals surface area contributed by atoms with Crippen molar-refractivity contribution in [1.29, 1.82) is 0 Å². The first-order chi connectivity index (χ1) is 6.77. The zero-order valence-corrected chi connectivity index (χ0v) is 9.72. The zero-order valence-electron chi connectivity index (χ0n) is 9.72. The van der Waals surface area contributed by atoms with Crippen molar-refractivity contribution >= 4 is 13.3 Å². The summed E-state index contributed by atoms with van der Waals surface area (Å²) >= 11 is 0. The Hall–Kier alpha value is -0.715. The quantitative estimate of drug-likeness (QED) is 0.623. The highest BCUT2D eigenvalue weighted by Crippen LogP contribution is 2.24. The van der Waals surface area contributed by atoms with Crippen molar-refractivity contribution in [3.8, 4) is 0 Å². The molecule has 0 amide bonds. The van der Waals surface area contributed by atoms with Gasteiger partial charge in [-0.25, -0.2) is 0 Å². The molecule has 0 bridgehead atoms. The van der Waals surface area contributed by atoms with Crippen LogP contribution in [0.15, 0.2) is 24.3 Å². The lowest BCUT2D eigenvalue weighted by atomic mass is 9.86. The molecule has 1 rings (SSSR count). The highest BCUT2D eigenvalue weighted by atomic mass is 14.1. The molecular weight excluding hydrogens is 167 g/mol. The van der Waals surface area contributed by atoms with E-state index >= 15 is 0 Å². The van der Waals surface area contributed by atoms with Gasteiger partial charge >= 0.3 is 0 Å². The largest absolute Gasteiger partial charge is 0.139 e. The van der Waals surface area contributed by atoms with Crippen molar-refractivity contribution in [2.45, 2.75) is 45.4 Å². The van der Waals surface area contributed by atoms with Crippen LogP contribution < -0.4 is 5.46 Å². The summed E-state index contributed by atoms with van der Waals surface area (Å²) in [6, 6.07) is 8.97. The average Bonchev–Trinajstić information content (AvgIpc) is 2.19. The molecule has 0 aliphatic heterocycles. The molecule has 0 radical (unpaired) electrons. The van der Waals surface area contributed by atoms with Gasteiger partial charge in [0, 0.05) is 0 Å². The number of hydrogen-bond acceptors (Lipinski definition) is 0. The second-order valence-corrected chi connectivity index (χ2v) is 4.16. The van der Waals surface area contributed by atoms with Crippen molar-refractivity contribution in [2.24, 2.45) is 0 Å². The maximum Gasteiger partial charge on any atom is 0.139 e. The van der Waals surface area contributed by atoms with Crippen LogP contribution in [0.4, 0.5) is 0 Å². The first-order valence-corrected chi connectivity index (χ1v) is 5.84. The van der Waals surface area contributed by atoms with E-state index in [1.165, 1.54) is 36.7 Å². The van der Waals surface area contributed by atoms with E-state index in [9.17, 15) is 0 Å². The van der Waals surface area contributed by atoms with E-state index in [0.29, 0.717) is 0 Å². The fourth-order valence-corrected chi connectivity index (χ4v) is 1.98. The first-order valence-electron chi connectivity index (χ1n) is 5.84. The minimum absolute atomic E-state index is 0.773. The fraction of sp³-hybridized carbons (Fsp3) is 0.538. The van der Waals surface area contributed by atoms with Crippen LogP contribution in [0.3, 0.4) is 0 Å². The maximum absolute atomic E-state index is 2.34. The first kappa shape index (κ1) is 11.4. The van der Waals surface area contributed by atoms with E-state index in [1.54, 1.807) is 0 Å². The minimum Gasteiger partial charge on any atom is -0.0887 e. The Bertz CT molecular complexity index is 268. The molecule has 1 aromatic rings. The summed E-state index contributed by atoms with van der Waals surface area (Å²) in [4.78, 5) is 0. The van der Waals surface area contributed by atoms with Gasteiger partial charge in [-0.3, -0.25) is 0 Å². The molecule has 14 heavy (non-hydrogen) atoms. The Morgan fingerprint density at radius 1 is 1.29 bits per heavy atom. The molecule has 76 valence electrons. The standard InChI is InChI=1S/C13H21B/c1-3-5-7-11(4-2)12-8-6-9-13(14)10-12/h6,8-11H,3-5,7,14H2,1-2H3. The van der Waals surface area contributed by atoms with Gasteiger partial charge in [-0.15, -0.1) is 0 Å². The van der Waals surface area contributed by atoms with E-state index in [2.05, 4.69) is 46.0 Å². The van der Waals surface area contributed by atoms with E-state index in [4.69, 9.17) is 0 Å². The molecule has 1 heteroatoms. The summed E-state index contributed by atoms with van der Waals surface area (Å²) < 4.78 is 0. The number of rotatable bonds is 5. The SMILES string of the molecule is Bc1cccc(C(CC)CCCC)c1. The molecule has 0 saturated carbocycles. The van der Waals surface area contributed by atoms with E-state index in [1.807, 2.05) is 0 Å². The molecule has 0 aliphatic rings. The Balaban J connectivity index is 2.68. The second-order valence-electron chi connectivity index (χ2n) is 4.16. The monoisotopic (exact) mass is 188 g/mol. The second kappa shape index (κ2) is 5.90. The molecule has 0 N–H and O–H groups in total. The number of hydrogen-bond donors (Lipinski definition) is 0. The molecule has 1 aromatic carbocycles. The summed E-state index contributed by atoms with van der Waals surface area (Å²) in [5.41, 5.74) is 2.92. The fourth-order valence-electron chi connectivity index (χ4n) is 1.98. The van der Waals surface area contributed by atoms with Gasteiger partial charge < -0.3 is 0 Å². The van der Waals surface area contributed by atoms with E-state index < -0.39 is 0 Å². The normalized spacial score (nSPS) is 12.7. The van der Waals surface area contributed by atoms with Gasteiger partial charge in [-0.05, 0) is 24.3 Å². The van der Waals surface area contributed by atoms with E-state index in [-0.39, 0.29) is 0 Å². The molecule has 0 aromatic heterocycles. The molecule has 0 nitrogen and oxygen atoms in total. The third kappa shape index (κ3) is 3.21. The topological polar surface area (TPSA) is 0 Å². The van der Waals surface area contributed by atoms with Crippen molar-refractivity contribution < 1.29 is 0 Å². The third-order valence-corrected chi connectivity index (χ3v) is 2.91. The van der Waals surface area contributed by atoms with Crippen molar-refractivity contribution in [2.75, 3.05) is 0 Å². The van der Waals surface area contributed by atoms with Gasteiger partial charge in [-0.2, -0.15) is 0 Å². The van der Waals surface area contributed by atoms with Gasteiger partial charge in [-0.1, -0.05) is 56.4 Å². The summed E-state index contributed by atoms with van der Waals surface area (Å²) in [5, 5.41) is 0. The van der Waals surface area contributed by atoms with Crippen LogP contribution in [0.25, 0.3) is 0 Å². The summed E-state index contributed by atoms with van der Waals surface area (Å²) in [6.07, 6.45) is 5.27. The predicted octanol–water partition coefficient (Wildman–Crippen LogP) is 2.63. The smallest absolute Gasteiger partial charge is 0.0887 e. The molecule has 0 saturated heterocycles. The average molecular weight is 188 g/mol. The van der Waals surface area contributed by atoms with Crippen LogP contribution in [0.2, 0.25) is 0 Å². The molecule has 0 heterocycles. The summed E-state index contributed by atoms with van der Waals surface area (Å²) in [6.45, 7) is 4.56.